The Balaban J connectivity index is 1.90. The smallest absolute Gasteiger partial charge is 0.296 e. The Kier molecular flexibility index (Phi) is 5.51. The molecule has 0 fully saturated rings. The summed E-state index contributed by atoms with van der Waals surface area (Å²) in [6, 6.07) is 21.0. The summed E-state index contributed by atoms with van der Waals surface area (Å²) in [7, 11) is -9.37. The molecular weight excluding hydrogens is 506 g/mol. The zero-order valence-electron chi connectivity index (χ0n) is 18.3. The molecule has 1 aliphatic heterocycles. The van der Waals surface area contributed by atoms with Gasteiger partial charge in [0.25, 0.3) is 20.1 Å². The average Bonchev–Trinajstić information content (AvgIpc) is 2.84. The quantitative estimate of drug-likeness (QED) is 0.199. The van der Waals surface area contributed by atoms with Crippen molar-refractivity contribution in [3.8, 4) is 11.5 Å². The molecule has 5 rings (SSSR count). The Labute approximate surface area is 205 Å². The van der Waals surface area contributed by atoms with E-state index in [2.05, 4.69) is 4.98 Å². The van der Waals surface area contributed by atoms with Gasteiger partial charge in [0.05, 0.1) is 11.4 Å². The standard InChI is InChI=1S/C24H17N3O7S2/c25-21-17(28)14-19-23(26-22-18(34-19)12-7-13-20(22)36(31,32)33)24(21)35(29,30)27(15-8-3-1-4-9-15)16-10-5-2-6-11-16/h1-14H,25H2,(H,31,32,33). The zero-order chi connectivity index (χ0) is 25.7. The number of benzene rings is 4. The molecule has 3 N–H and O–H groups in total. The van der Waals surface area contributed by atoms with Crippen LogP contribution >= 0.6 is 0 Å². The van der Waals surface area contributed by atoms with Gasteiger partial charge in [-0.2, -0.15) is 8.42 Å². The number of para-hydroxylation sites is 3. The van der Waals surface area contributed by atoms with Crippen molar-refractivity contribution in [3.63, 3.8) is 0 Å². The highest BCUT2D eigenvalue weighted by molar-refractivity contribution is 7.93. The summed E-state index contributed by atoms with van der Waals surface area (Å²) in [5.41, 5.74) is 4.31. The number of sulfonamides is 1. The van der Waals surface area contributed by atoms with Crippen LogP contribution in [0.15, 0.2) is 104 Å². The lowest BCUT2D eigenvalue weighted by molar-refractivity contribution is 0.483. The lowest BCUT2D eigenvalue weighted by atomic mass is 10.2. The summed E-state index contributed by atoms with van der Waals surface area (Å²) in [4.78, 5) is 15.7. The summed E-state index contributed by atoms with van der Waals surface area (Å²) < 4.78 is 68.6. The van der Waals surface area contributed by atoms with Gasteiger partial charge in [0.15, 0.2) is 11.3 Å². The Morgan fingerprint density at radius 1 is 0.833 bits per heavy atom. The number of fused-ring (bicyclic) bond motifs is 2. The van der Waals surface area contributed by atoms with E-state index in [4.69, 9.17) is 10.2 Å². The minimum Gasteiger partial charge on any atom is -0.453 e. The molecule has 182 valence electrons. The van der Waals surface area contributed by atoms with Gasteiger partial charge in [-0.25, -0.2) is 17.7 Å². The van der Waals surface area contributed by atoms with Crippen molar-refractivity contribution in [1.82, 2.24) is 4.98 Å². The Hall–Kier alpha value is -4.26. The predicted octanol–water partition coefficient (Wildman–Crippen LogP) is 3.65. The van der Waals surface area contributed by atoms with Crippen LogP contribution in [0.3, 0.4) is 0 Å². The van der Waals surface area contributed by atoms with Crippen LogP contribution in [0, 0.1) is 0 Å². The second-order valence-electron chi connectivity index (χ2n) is 7.70. The lowest BCUT2D eigenvalue weighted by Crippen LogP contribution is -2.29. The van der Waals surface area contributed by atoms with E-state index in [-0.39, 0.29) is 33.9 Å². The van der Waals surface area contributed by atoms with Crippen LogP contribution < -0.4 is 15.5 Å². The van der Waals surface area contributed by atoms with Crippen molar-refractivity contribution in [2.75, 3.05) is 10.0 Å². The van der Waals surface area contributed by atoms with E-state index in [1.807, 2.05) is 0 Å². The van der Waals surface area contributed by atoms with Gasteiger partial charge in [-0.05, 0) is 36.4 Å². The fourth-order valence-electron chi connectivity index (χ4n) is 3.84. The summed E-state index contributed by atoms with van der Waals surface area (Å²) >= 11 is 0. The Morgan fingerprint density at radius 2 is 1.42 bits per heavy atom. The maximum atomic E-state index is 14.2. The number of nitrogens with two attached hydrogens (primary N) is 1. The number of hydrogen-bond donors (Lipinski definition) is 2. The summed E-state index contributed by atoms with van der Waals surface area (Å²) in [5.74, 6) is -0.228. The fraction of sp³-hybridized carbons (Fsp3) is 0. The van der Waals surface area contributed by atoms with E-state index < -0.39 is 41.0 Å². The van der Waals surface area contributed by atoms with Gasteiger partial charge >= 0.3 is 0 Å². The molecule has 0 unspecified atom stereocenters. The molecule has 0 saturated heterocycles. The second kappa shape index (κ2) is 8.45. The molecule has 0 aromatic heterocycles. The summed E-state index contributed by atoms with van der Waals surface area (Å²) in [6.07, 6.45) is 0. The number of hydrogen-bond acceptors (Lipinski definition) is 8. The highest BCUT2D eigenvalue weighted by Gasteiger charge is 2.35. The molecule has 12 heteroatoms. The summed E-state index contributed by atoms with van der Waals surface area (Å²) in [5, 5.41) is 0. The predicted molar refractivity (Wildman–Crippen MR) is 133 cm³/mol. The average molecular weight is 524 g/mol. The van der Waals surface area contributed by atoms with E-state index in [1.54, 1.807) is 60.7 Å². The molecule has 0 spiro atoms. The van der Waals surface area contributed by atoms with Crippen molar-refractivity contribution < 1.29 is 25.8 Å². The van der Waals surface area contributed by atoms with Crippen LogP contribution in [0.4, 0.5) is 17.1 Å². The first kappa shape index (κ1) is 23.5. The first-order valence-electron chi connectivity index (χ1n) is 10.4. The highest BCUT2D eigenvalue weighted by Crippen LogP contribution is 2.39. The number of nitrogens with zero attached hydrogens (tertiary/aromatic N) is 2. The molecule has 1 heterocycles. The number of nitrogen functional groups attached to an aromatic ring is 1. The minimum atomic E-state index is -4.74. The van der Waals surface area contributed by atoms with Gasteiger partial charge in [-0.1, -0.05) is 42.5 Å². The summed E-state index contributed by atoms with van der Waals surface area (Å²) in [6.45, 7) is 0. The molecular formula is C24H17N3O7S2. The molecule has 3 aromatic carbocycles. The molecule has 0 amide bonds. The van der Waals surface area contributed by atoms with Crippen LogP contribution in [-0.4, -0.2) is 26.4 Å². The number of rotatable bonds is 5. The van der Waals surface area contributed by atoms with Gasteiger partial charge in [0.2, 0.25) is 5.43 Å². The molecule has 3 aromatic rings. The Morgan fingerprint density at radius 3 is 1.97 bits per heavy atom. The normalized spacial score (nSPS) is 12.1. The van der Waals surface area contributed by atoms with E-state index in [0.717, 1.165) is 16.4 Å². The van der Waals surface area contributed by atoms with Crippen molar-refractivity contribution in [2.24, 2.45) is 0 Å². The molecule has 1 aliphatic carbocycles. The van der Waals surface area contributed by atoms with Gasteiger partial charge in [-0.15, -0.1) is 0 Å². The van der Waals surface area contributed by atoms with E-state index >= 15 is 0 Å². The maximum Gasteiger partial charge on any atom is 0.296 e. The zero-order valence-corrected chi connectivity index (χ0v) is 19.9. The lowest BCUT2D eigenvalue weighted by Gasteiger charge is -2.26. The molecule has 0 radical (unpaired) electrons. The van der Waals surface area contributed by atoms with Crippen LogP contribution in [-0.2, 0) is 20.1 Å². The van der Waals surface area contributed by atoms with Crippen LogP contribution in [0.1, 0.15) is 0 Å². The van der Waals surface area contributed by atoms with Crippen molar-refractivity contribution in [3.05, 3.63) is 95.2 Å². The third-order valence-corrected chi connectivity index (χ3v) is 8.10. The van der Waals surface area contributed by atoms with Gasteiger partial charge < -0.3 is 10.2 Å². The topological polar surface area (TPSA) is 161 Å². The van der Waals surface area contributed by atoms with Crippen molar-refractivity contribution >= 4 is 48.3 Å². The fourth-order valence-corrected chi connectivity index (χ4v) is 6.23. The van der Waals surface area contributed by atoms with Crippen molar-refractivity contribution in [2.45, 2.75) is 9.79 Å². The van der Waals surface area contributed by atoms with E-state index in [0.29, 0.717) is 0 Å². The SMILES string of the molecule is Nc1c(S(=O)(=O)N(c2ccccc2)c2ccccc2)c2nc3c(S(=O)(=O)O)cccc3oc-2cc1=O. The third kappa shape index (κ3) is 3.86. The second-order valence-corrected chi connectivity index (χ2v) is 10.8. The highest BCUT2D eigenvalue weighted by atomic mass is 32.2. The van der Waals surface area contributed by atoms with Gasteiger partial charge in [0.1, 0.15) is 26.7 Å². The number of anilines is 3. The molecule has 0 atom stereocenters. The minimum absolute atomic E-state index is 0.0897. The first-order valence-corrected chi connectivity index (χ1v) is 13.3. The van der Waals surface area contributed by atoms with E-state index in [9.17, 15) is 26.2 Å². The molecule has 36 heavy (non-hydrogen) atoms. The molecule has 10 nitrogen and oxygen atoms in total. The molecule has 0 saturated carbocycles. The van der Waals surface area contributed by atoms with Crippen LogP contribution in [0.2, 0.25) is 0 Å². The first-order chi connectivity index (χ1) is 17.1. The molecule has 0 bridgehead atoms. The largest absolute Gasteiger partial charge is 0.453 e. The van der Waals surface area contributed by atoms with Crippen molar-refractivity contribution in [1.29, 1.82) is 0 Å². The van der Waals surface area contributed by atoms with E-state index in [1.165, 1.54) is 12.1 Å². The monoisotopic (exact) mass is 523 g/mol. The maximum absolute atomic E-state index is 14.2. The third-order valence-electron chi connectivity index (χ3n) is 5.38. The van der Waals surface area contributed by atoms with Gasteiger partial charge in [0, 0.05) is 6.07 Å². The van der Waals surface area contributed by atoms with Gasteiger partial charge in [-0.3, -0.25) is 9.35 Å². The molecule has 2 aliphatic rings. The van der Waals surface area contributed by atoms with Crippen LogP contribution in [0.25, 0.3) is 22.6 Å². The Bertz CT molecular complexity index is 1820. The van der Waals surface area contributed by atoms with Crippen LogP contribution in [0.5, 0.6) is 0 Å². The number of aromatic nitrogens is 1.